The number of nitrogens with one attached hydrogen (secondary N) is 1. The van der Waals surface area contributed by atoms with E-state index in [1.54, 1.807) is 12.1 Å². The van der Waals surface area contributed by atoms with Crippen LogP contribution in [0.3, 0.4) is 0 Å². The molecule has 3 nitrogen and oxygen atoms in total. The van der Waals surface area contributed by atoms with Crippen LogP contribution in [0.25, 0.3) is 17.0 Å². The molecule has 0 aliphatic heterocycles. The number of aromatic nitrogens is 1. The summed E-state index contributed by atoms with van der Waals surface area (Å²) in [5, 5.41) is 1.13. The van der Waals surface area contributed by atoms with Crippen LogP contribution in [-0.4, -0.2) is 17.4 Å². The zero-order chi connectivity index (χ0) is 16.1. The van der Waals surface area contributed by atoms with Crippen LogP contribution in [0.15, 0.2) is 60.8 Å². The monoisotopic (exact) mass is 305 g/mol. The summed E-state index contributed by atoms with van der Waals surface area (Å²) in [6.45, 7) is 2.65. The van der Waals surface area contributed by atoms with Crippen LogP contribution >= 0.6 is 0 Å². The predicted molar refractivity (Wildman–Crippen MR) is 93.9 cm³/mol. The SMILES string of the molecule is CCCOc1ccccc1C(=O)/C=C/c1ccc2[nH]ccc2c1. The Bertz CT molecular complexity index is 845. The van der Waals surface area contributed by atoms with Gasteiger partial charge < -0.3 is 9.72 Å². The Morgan fingerprint density at radius 2 is 2.04 bits per heavy atom. The summed E-state index contributed by atoms with van der Waals surface area (Å²) in [6, 6.07) is 15.4. The van der Waals surface area contributed by atoms with Gasteiger partial charge in [0.25, 0.3) is 0 Å². The molecule has 1 aromatic heterocycles. The van der Waals surface area contributed by atoms with Gasteiger partial charge in [0.2, 0.25) is 0 Å². The number of aromatic amines is 1. The molecule has 3 heteroatoms. The van der Waals surface area contributed by atoms with Crippen molar-refractivity contribution in [2.75, 3.05) is 6.61 Å². The quantitative estimate of drug-likeness (QED) is 0.522. The van der Waals surface area contributed by atoms with Crippen LogP contribution in [0, 0.1) is 0 Å². The van der Waals surface area contributed by atoms with E-state index in [2.05, 4.69) is 11.1 Å². The molecule has 0 unspecified atom stereocenters. The van der Waals surface area contributed by atoms with E-state index >= 15 is 0 Å². The molecule has 0 aliphatic carbocycles. The van der Waals surface area contributed by atoms with Crippen molar-refractivity contribution in [2.45, 2.75) is 13.3 Å². The first-order valence-electron chi connectivity index (χ1n) is 7.79. The summed E-state index contributed by atoms with van der Waals surface area (Å²) in [5.74, 6) is 0.593. The Morgan fingerprint density at radius 3 is 2.91 bits per heavy atom. The minimum absolute atomic E-state index is 0.0501. The number of ether oxygens (including phenoxy) is 1. The molecular formula is C20H19NO2. The molecule has 0 fully saturated rings. The van der Waals surface area contributed by atoms with E-state index < -0.39 is 0 Å². The maximum Gasteiger partial charge on any atom is 0.189 e. The van der Waals surface area contributed by atoms with Crippen molar-refractivity contribution < 1.29 is 9.53 Å². The number of para-hydroxylation sites is 1. The molecule has 0 spiro atoms. The van der Waals surface area contributed by atoms with Gasteiger partial charge in [-0.05, 0) is 53.8 Å². The molecule has 3 aromatic rings. The van der Waals surface area contributed by atoms with Gasteiger partial charge in [0, 0.05) is 11.7 Å². The van der Waals surface area contributed by atoms with Crippen molar-refractivity contribution in [3.05, 3.63) is 71.9 Å². The van der Waals surface area contributed by atoms with Gasteiger partial charge in [0.05, 0.1) is 12.2 Å². The lowest BCUT2D eigenvalue weighted by Gasteiger charge is -2.08. The molecule has 0 aliphatic rings. The van der Waals surface area contributed by atoms with Gasteiger partial charge in [-0.1, -0.05) is 31.2 Å². The molecule has 0 saturated carbocycles. The highest BCUT2D eigenvalue weighted by Crippen LogP contribution is 2.20. The van der Waals surface area contributed by atoms with Crippen molar-refractivity contribution in [3.63, 3.8) is 0 Å². The van der Waals surface area contributed by atoms with E-state index in [1.165, 1.54) is 0 Å². The molecule has 1 heterocycles. The highest BCUT2D eigenvalue weighted by atomic mass is 16.5. The van der Waals surface area contributed by atoms with Crippen LogP contribution in [0.1, 0.15) is 29.3 Å². The third-order valence-corrected chi connectivity index (χ3v) is 3.62. The van der Waals surface area contributed by atoms with Gasteiger partial charge >= 0.3 is 0 Å². The lowest BCUT2D eigenvalue weighted by molar-refractivity contribution is 0.104. The Labute approximate surface area is 135 Å². The average Bonchev–Trinajstić information content (AvgIpc) is 3.05. The van der Waals surface area contributed by atoms with Crippen molar-refractivity contribution in [1.29, 1.82) is 0 Å². The largest absolute Gasteiger partial charge is 0.493 e. The number of carbonyl (C=O) groups is 1. The fraction of sp³-hybridized carbons (Fsp3) is 0.150. The Balaban J connectivity index is 1.80. The number of carbonyl (C=O) groups excluding carboxylic acids is 1. The van der Waals surface area contributed by atoms with E-state index in [1.807, 2.05) is 55.6 Å². The first-order chi connectivity index (χ1) is 11.3. The number of allylic oxidation sites excluding steroid dienone is 1. The molecule has 0 amide bonds. The normalized spacial score (nSPS) is 11.2. The third kappa shape index (κ3) is 3.51. The number of hydrogen-bond acceptors (Lipinski definition) is 2. The molecule has 0 bridgehead atoms. The van der Waals surface area contributed by atoms with Gasteiger partial charge in [-0.15, -0.1) is 0 Å². The molecule has 0 atom stereocenters. The smallest absolute Gasteiger partial charge is 0.189 e. The fourth-order valence-electron chi connectivity index (χ4n) is 2.45. The molecule has 2 aromatic carbocycles. The standard InChI is InChI=1S/C20H19NO2/c1-2-13-23-20-6-4-3-5-17(20)19(22)10-8-15-7-9-18-16(14-15)11-12-21-18/h3-12,14,21H,2,13H2,1H3/b10-8+. The van der Waals surface area contributed by atoms with Crippen LogP contribution in [0.4, 0.5) is 0 Å². The molecule has 1 N–H and O–H groups in total. The number of benzene rings is 2. The number of H-pyrrole nitrogens is 1. The third-order valence-electron chi connectivity index (χ3n) is 3.62. The predicted octanol–water partition coefficient (Wildman–Crippen LogP) is 4.85. The topological polar surface area (TPSA) is 42.1 Å². The summed E-state index contributed by atoms with van der Waals surface area (Å²) in [5.41, 5.74) is 2.68. The lowest BCUT2D eigenvalue weighted by atomic mass is 10.1. The maximum atomic E-state index is 12.4. The second-order valence-corrected chi connectivity index (χ2v) is 5.37. The maximum absolute atomic E-state index is 12.4. The molecular weight excluding hydrogens is 286 g/mol. The summed E-state index contributed by atoms with van der Waals surface area (Å²) < 4.78 is 5.65. The van der Waals surface area contributed by atoms with Gasteiger partial charge in [-0.3, -0.25) is 4.79 Å². The molecule has 3 rings (SSSR count). The van der Waals surface area contributed by atoms with E-state index in [-0.39, 0.29) is 5.78 Å². The second-order valence-electron chi connectivity index (χ2n) is 5.37. The van der Waals surface area contributed by atoms with Crippen LogP contribution < -0.4 is 4.74 Å². The van der Waals surface area contributed by atoms with E-state index in [9.17, 15) is 4.79 Å². The van der Waals surface area contributed by atoms with Crippen LogP contribution in [0.5, 0.6) is 5.75 Å². The van der Waals surface area contributed by atoms with Crippen molar-refractivity contribution in [2.24, 2.45) is 0 Å². The molecule has 0 saturated heterocycles. The number of ketones is 1. The van der Waals surface area contributed by atoms with E-state index in [0.717, 1.165) is 22.9 Å². The molecule has 116 valence electrons. The Hall–Kier alpha value is -2.81. The average molecular weight is 305 g/mol. The number of fused-ring (bicyclic) bond motifs is 1. The zero-order valence-corrected chi connectivity index (χ0v) is 13.1. The molecule has 0 radical (unpaired) electrons. The van der Waals surface area contributed by atoms with E-state index in [0.29, 0.717) is 17.9 Å². The lowest BCUT2D eigenvalue weighted by Crippen LogP contribution is -2.02. The number of rotatable bonds is 6. The number of hydrogen-bond donors (Lipinski definition) is 1. The fourth-order valence-corrected chi connectivity index (χ4v) is 2.45. The minimum Gasteiger partial charge on any atom is -0.493 e. The van der Waals surface area contributed by atoms with Crippen molar-refractivity contribution >= 4 is 22.8 Å². The summed E-state index contributed by atoms with van der Waals surface area (Å²) >= 11 is 0. The highest BCUT2D eigenvalue weighted by molar-refractivity contribution is 6.08. The summed E-state index contributed by atoms with van der Waals surface area (Å²) in [4.78, 5) is 15.6. The van der Waals surface area contributed by atoms with Crippen LogP contribution in [0.2, 0.25) is 0 Å². The van der Waals surface area contributed by atoms with Crippen molar-refractivity contribution in [3.8, 4) is 5.75 Å². The summed E-state index contributed by atoms with van der Waals surface area (Å²) in [6.07, 6.45) is 6.26. The van der Waals surface area contributed by atoms with Gasteiger partial charge in [-0.2, -0.15) is 0 Å². The Morgan fingerprint density at radius 1 is 1.17 bits per heavy atom. The summed E-state index contributed by atoms with van der Waals surface area (Å²) in [7, 11) is 0. The van der Waals surface area contributed by atoms with Crippen LogP contribution in [-0.2, 0) is 0 Å². The van der Waals surface area contributed by atoms with Gasteiger partial charge in [0.1, 0.15) is 5.75 Å². The molecule has 23 heavy (non-hydrogen) atoms. The minimum atomic E-state index is -0.0501. The first-order valence-corrected chi connectivity index (χ1v) is 7.79. The zero-order valence-electron chi connectivity index (χ0n) is 13.1. The van der Waals surface area contributed by atoms with Gasteiger partial charge in [0.15, 0.2) is 5.78 Å². The Kier molecular flexibility index (Phi) is 4.57. The first kappa shape index (κ1) is 15.1. The highest BCUT2D eigenvalue weighted by Gasteiger charge is 2.09. The van der Waals surface area contributed by atoms with Crippen molar-refractivity contribution in [1.82, 2.24) is 4.98 Å². The second kappa shape index (κ2) is 6.97. The van der Waals surface area contributed by atoms with E-state index in [4.69, 9.17) is 4.74 Å². The van der Waals surface area contributed by atoms with Gasteiger partial charge in [-0.25, -0.2) is 0 Å².